The molecular formula is C22H25ClN2O2. The molecule has 27 heavy (non-hydrogen) atoms. The summed E-state index contributed by atoms with van der Waals surface area (Å²) in [7, 11) is 0. The first-order valence-corrected chi connectivity index (χ1v) is 9.82. The maximum Gasteiger partial charge on any atom is 0.252 e. The number of likely N-dealkylation sites (tertiary alicyclic amines) is 1. The largest absolute Gasteiger partial charge is 0.352 e. The van der Waals surface area contributed by atoms with Crippen molar-refractivity contribution in [3.05, 3.63) is 70.2 Å². The van der Waals surface area contributed by atoms with Gasteiger partial charge in [-0.25, -0.2) is 0 Å². The lowest BCUT2D eigenvalue weighted by atomic mass is 9.98. The van der Waals surface area contributed by atoms with Crippen molar-refractivity contribution in [1.29, 1.82) is 0 Å². The molecule has 0 aromatic heterocycles. The van der Waals surface area contributed by atoms with Crippen molar-refractivity contribution in [2.75, 3.05) is 26.2 Å². The second kappa shape index (κ2) is 9.16. The summed E-state index contributed by atoms with van der Waals surface area (Å²) in [6.07, 6.45) is 2.53. The quantitative estimate of drug-likeness (QED) is 0.733. The van der Waals surface area contributed by atoms with Crippen LogP contribution in [0.1, 0.15) is 46.0 Å². The molecule has 1 aliphatic rings. The first kappa shape index (κ1) is 19.6. The molecule has 1 N–H and O–H groups in total. The normalized spacial score (nSPS) is 15.5. The molecule has 1 atom stereocenters. The first-order chi connectivity index (χ1) is 13.0. The van der Waals surface area contributed by atoms with E-state index >= 15 is 0 Å². The van der Waals surface area contributed by atoms with Crippen LogP contribution in [0.2, 0.25) is 5.02 Å². The van der Waals surface area contributed by atoms with E-state index in [1.54, 1.807) is 48.5 Å². The van der Waals surface area contributed by atoms with Crippen LogP contribution in [0.25, 0.3) is 0 Å². The van der Waals surface area contributed by atoms with Crippen LogP contribution >= 0.6 is 11.6 Å². The van der Waals surface area contributed by atoms with Gasteiger partial charge in [-0.2, -0.15) is 0 Å². The van der Waals surface area contributed by atoms with Crippen molar-refractivity contribution < 1.29 is 9.59 Å². The van der Waals surface area contributed by atoms with E-state index in [-0.39, 0.29) is 11.7 Å². The molecule has 1 heterocycles. The van der Waals surface area contributed by atoms with E-state index in [0.29, 0.717) is 34.2 Å². The zero-order valence-electron chi connectivity index (χ0n) is 15.6. The highest BCUT2D eigenvalue weighted by Crippen LogP contribution is 2.17. The number of benzene rings is 2. The number of nitrogens with zero attached hydrogens (tertiary/aromatic N) is 1. The monoisotopic (exact) mass is 384 g/mol. The molecule has 0 aliphatic carbocycles. The van der Waals surface area contributed by atoms with Crippen molar-refractivity contribution in [3.63, 3.8) is 0 Å². The summed E-state index contributed by atoms with van der Waals surface area (Å²) in [5.74, 6) is -0.0186. The molecule has 3 rings (SSSR count). The van der Waals surface area contributed by atoms with Gasteiger partial charge in [-0.05, 0) is 62.2 Å². The van der Waals surface area contributed by atoms with Gasteiger partial charge in [0, 0.05) is 29.2 Å². The number of halogens is 1. The molecule has 5 heteroatoms. The summed E-state index contributed by atoms with van der Waals surface area (Å²) in [6, 6.07) is 13.7. The van der Waals surface area contributed by atoms with Crippen LogP contribution in [-0.2, 0) is 0 Å². The zero-order valence-corrected chi connectivity index (χ0v) is 16.3. The van der Waals surface area contributed by atoms with E-state index < -0.39 is 0 Å². The Bertz CT molecular complexity index is 798. The Morgan fingerprint density at radius 3 is 2.33 bits per heavy atom. The molecule has 1 amide bonds. The van der Waals surface area contributed by atoms with Crippen LogP contribution in [0.4, 0.5) is 0 Å². The van der Waals surface area contributed by atoms with E-state index in [0.717, 1.165) is 19.6 Å². The zero-order chi connectivity index (χ0) is 19.2. The molecular weight excluding hydrogens is 360 g/mol. The van der Waals surface area contributed by atoms with Crippen molar-refractivity contribution in [3.8, 4) is 0 Å². The lowest BCUT2D eigenvalue weighted by molar-refractivity contribution is 0.0934. The molecule has 4 nitrogen and oxygen atoms in total. The number of carbonyl (C=O) groups excluding carboxylic acids is 2. The van der Waals surface area contributed by atoms with Gasteiger partial charge in [0.2, 0.25) is 0 Å². The lowest BCUT2D eigenvalue weighted by Crippen LogP contribution is -2.35. The fourth-order valence-corrected chi connectivity index (χ4v) is 3.59. The summed E-state index contributed by atoms with van der Waals surface area (Å²) in [6.45, 7) is 6.03. The van der Waals surface area contributed by atoms with Crippen LogP contribution in [0, 0.1) is 5.92 Å². The van der Waals surface area contributed by atoms with Crippen molar-refractivity contribution >= 4 is 23.3 Å². The average Bonchev–Trinajstić information content (AvgIpc) is 3.19. The second-order valence-corrected chi connectivity index (χ2v) is 7.64. The minimum absolute atomic E-state index is 0.178. The molecule has 1 fully saturated rings. The third-order valence-electron chi connectivity index (χ3n) is 4.90. The summed E-state index contributed by atoms with van der Waals surface area (Å²) < 4.78 is 0. The fourth-order valence-electron chi connectivity index (χ4n) is 3.47. The van der Waals surface area contributed by atoms with Gasteiger partial charge in [-0.15, -0.1) is 0 Å². The van der Waals surface area contributed by atoms with Gasteiger partial charge < -0.3 is 10.2 Å². The van der Waals surface area contributed by atoms with E-state index in [1.807, 2.05) is 0 Å². The van der Waals surface area contributed by atoms with Crippen LogP contribution < -0.4 is 5.32 Å². The maximum absolute atomic E-state index is 12.8. The molecule has 1 unspecified atom stereocenters. The molecule has 0 radical (unpaired) electrons. The Balaban J connectivity index is 1.66. The van der Waals surface area contributed by atoms with E-state index in [2.05, 4.69) is 17.1 Å². The number of carbonyl (C=O) groups is 2. The molecule has 1 saturated heterocycles. The van der Waals surface area contributed by atoms with Gasteiger partial charge in [0.25, 0.3) is 5.91 Å². The van der Waals surface area contributed by atoms with E-state index in [4.69, 9.17) is 11.6 Å². The molecule has 0 saturated carbocycles. The minimum Gasteiger partial charge on any atom is -0.352 e. The molecule has 0 spiro atoms. The van der Waals surface area contributed by atoms with Gasteiger partial charge >= 0.3 is 0 Å². The number of hydrogen-bond donors (Lipinski definition) is 1. The Hall–Kier alpha value is -2.17. The number of ketones is 1. The number of hydrogen-bond acceptors (Lipinski definition) is 3. The van der Waals surface area contributed by atoms with Gasteiger partial charge in [0.05, 0.1) is 5.56 Å². The van der Waals surface area contributed by atoms with Crippen molar-refractivity contribution in [1.82, 2.24) is 10.2 Å². The first-order valence-electron chi connectivity index (χ1n) is 9.44. The predicted molar refractivity (Wildman–Crippen MR) is 108 cm³/mol. The van der Waals surface area contributed by atoms with Crippen LogP contribution in [-0.4, -0.2) is 42.8 Å². The van der Waals surface area contributed by atoms with E-state index in [9.17, 15) is 9.59 Å². The van der Waals surface area contributed by atoms with Gasteiger partial charge in [-0.3, -0.25) is 9.59 Å². The summed E-state index contributed by atoms with van der Waals surface area (Å²) >= 11 is 5.90. The SMILES string of the molecule is CC(CNC(=O)c1ccccc1C(=O)c1ccc(Cl)cc1)CN1CCCC1. The van der Waals surface area contributed by atoms with Crippen LogP contribution in [0.3, 0.4) is 0 Å². The van der Waals surface area contributed by atoms with E-state index in [1.165, 1.54) is 12.8 Å². The number of rotatable bonds is 7. The molecule has 2 aromatic carbocycles. The highest BCUT2D eigenvalue weighted by atomic mass is 35.5. The minimum atomic E-state index is -0.207. The molecule has 142 valence electrons. The fraction of sp³-hybridized carbons (Fsp3) is 0.364. The Morgan fingerprint density at radius 1 is 1.04 bits per heavy atom. The third kappa shape index (κ3) is 5.18. The van der Waals surface area contributed by atoms with Gasteiger partial charge in [0.15, 0.2) is 5.78 Å². The van der Waals surface area contributed by atoms with Gasteiger partial charge in [-0.1, -0.05) is 36.7 Å². The highest BCUT2D eigenvalue weighted by molar-refractivity contribution is 6.30. The molecule has 2 aromatic rings. The van der Waals surface area contributed by atoms with Crippen molar-refractivity contribution in [2.45, 2.75) is 19.8 Å². The second-order valence-electron chi connectivity index (χ2n) is 7.20. The Kier molecular flexibility index (Phi) is 6.64. The number of amides is 1. The van der Waals surface area contributed by atoms with Crippen LogP contribution in [0.5, 0.6) is 0 Å². The summed E-state index contributed by atoms with van der Waals surface area (Å²) in [5, 5.41) is 3.56. The average molecular weight is 385 g/mol. The standard InChI is InChI=1S/C22H25ClN2O2/c1-16(15-25-12-4-5-13-25)14-24-22(27)20-7-3-2-6-19(20)21(26)17-8-10-18(23)11-9-17/h2-3,6-11,16H,4-5,12-15H2,1H3,(H,24,27). The topological polar surface area (TPSA) is 49.4 Å². The number of nitrogens with one attached hydrogen (secondary N) is 1. The Morgan fingerprint density at radius 2 is 1.67 bits per heavy atom. The van der Waals surface area contributed by atoms with Crippen LogP contribution in [0.15, 0.2) is 48.5 Å². The lowest BCUT2D eigenvalue weighted by Gasteiger charge is -2.20. The molecule has 1 aliphatic heterocycles. The Labute approximate surface area is 165 Å². The van der Waals surface area contributed by atoms with Gasteiger partial charge in [0.1, 0.15) is 0 Å². The molecule has 0 bridgehead atoms. The summed E-state index contributed by atoms with van der Waals surface area (Å²) in [5.41, 5.74) is 1.33. The van der Waals surface area contributed by atoms with Crippen molar-refractivity contribution in [2.24, 2.45) is 5.92 Å². The predicted octanol–water partition coefficient (Wildman–Crippen LogP) is 4.03. The highest BCUT2D eigenvalue weighted by Gasteiger charge is 2.19. The third-order valence-corrected chi connectivity index (χ3v) is 5.15. The smallest absolute Gasteiger partial charge is 0.252 e. The maximum atomic E-state index is 12.8. The summed E-state index contributed by atoms with van der Waals surface area (Å²) in [4.78, 5) is 28.0.